The first kappa shape index (κ1) is 14.3. The van der Waals surface area contributed by atoms with Crippen LogP contribution in [0.3, 0.4) is 0 Å². The molecule has 7 heteroatoms. The smallest absolute Gasteiger partial charge is 0.243 e. The van der Waals surface area contributed by atoms with Crippen molar-refractivity contribution in [3.8, 4) is 0 Å². The summed E-state index contributed by atoms with van der Waals surface area (Å²) >= 11 is 0. The van der Waals surface area contributed by atoms with Gasteiger partial charge in [-0.2, -0.15) is 5.10 Å². The third-order valence-corrected chi connectivity index (χ3v) is 3.11. The number of likely N-dealkylation sites (N-methyl/N-ethyl adjacent to an activating group) is 1. The summed E-state index contributed by atoms with van der Waals surface area (Å²) in [4.78, 5) is 14.0. The number of aryl methyl sites for hydroxylation is 2. The minimum Gasteiger partial charge on any atom is -0.338 e. The van der Waals surface area contributed by atoms with Crippen LogP contribution in [0.25, 0.3) is 0 Å². The van der Waals surface area contributed by atoms with Gasteiger partial charge in [0.15, 0.2) is 0 Å². The standard InChI is InChI=1S/C13H19N5O2/c1-9-5-12(20-16-9)15-13(19)10(2)17(3)7-11-6-14-18(4)8-11/h5-6,8,10H,7H2,1-4H3,(H,15,19)/t10-/m0/s1. The Balaban J connectivity index is 1.92. The van der Waals surface area contributed by atoms with Gasteiger partial charge in [0.25, 0.3) is 0 Å². The highest BCUT2D eigenvalue weighted by Gasteiger charge is 2.19. The average Bonchev–Trinajstić information content (AvgIpc) is 2.97. The molecule has 0 aliphatic rings. The van der Waals surface area contributed by atoms with E-state index in [0.717, 1.165) is 11.3 Å². The molecule has 108 valence electrons. The van der Waals surface area contributed by atoms with Gasteiger partial charge in [0.1, 0.15) is 0 Å². The Labute approximate surface area is 117 Å². The minimum atomic E-state index is -0.291. The van der Waals surface area contributed by atoms with Gasteiger partial charge in [-0.15, -0.1) is 0 Å². The van der Waals surface area contributed by atoms with Gasteiger partial charge in [0, 0.05) is 31.4 Å². The fourth-order valence-corrected chi connectivity index (χ4v) is 1.83. The summed E-state index contributed by atoms with van der Waals surface area (Å²) in [7, 11) is 3.76. The van der Waals surface area contributed by atoms with Gasteiger partial charge in [-0.3, -0.25) is 19.7 Å². The zero-order valence-electron chi connectivity index (χ0n) is 12.1. The lowest BCUT2D eigenvalue weighted by atomic mass is 10.2. The molecule has 0 unspecified atom stereocenters. The Bertz CT molecular complexity index is 589. The van der Waals surface area contributed by atoms with Crippen molar-refractivity contribution < 1.29 is 9.32 Å². The summed E-state index contributed by atoms with van der Waals surface area (Å²) in [6.45, 7) is 4.30. The maximum atomic E-state index is 12.1. The summed E-state index contributed by atoms with van der Waals surface area (Å²) in [5.41, 5.74) is 1.79. The van der Waals surface area contributed by atoms with Gasteiger partial charge in [0.2, 0.25) is 11.8 Å². The highest BCUT2D eigenvalue weighted by atomic mass is 16.5. The zero-order valence-corrected chi connectivity index (χ0v) is 12.1. The number of amides is 1. The topological polar surface area (TPSA) is 76.2 Å². The van der Waals surface area contributed by atoms with Crippen molar-refractivity contribution >= 4 is 11.8 Å². The van der Waals surface area contributed by atoms with Crippen LogP contribution in [0.5, 0.6) is 0 Å². The molecule has 2 rings (SSSR count). The van der Waals surface area contributed by atoms with Crippen LogP contribution < -0.4 is 5.32 Å². The fraction of sp³-hybridized carbons (Fsp3) is 0.462. The molecule has 2 aromatic rings. The molecule has 0 bridgehead atoms. The molecule has 2 aromatic heterocycles. The number of carbonyl (C=O) groups is 1. The van der Waals surface area contributed by atoms with Crippen LogP contribution in [-0.4, -0.2) is 38.8 Å². The third kappa shape index (κ3) is 3.45. The molecule has 0 spiro atoms. The van der Waals surface area contributed by atoms with E-state index in [1.165, 1.54) is 0 Å². The molecule has 0 aromatic carbocycles. The SMILES string of the molecule is Cc1cc(NC(=O)[C@H](C)N(C)Cc2cnn(C)c2)on1. The Morgan fingerprint density at radius 3 is 2.90 bits per heavy atom. The second kappa shape index (κ2) is 5.87. The molecule has 0 aliphatic heterocycles. The van der Waals surface area contributed by atoms with E-state index < -0.39 is 0 Å². The summed E-state index contributed by atoms with van der Waals surface area (Å²) in [6.07, 6.45) is 3.72. The Kier molecular flexibility index (Phi) is 4.19. The summed E-state index contributed by atoms with van der Waals surface area (Å²) in [5.74, 6) is 0.238. The summed E-state index contributed by atoms with van der Waals surface area (Å²) < 4.78 is 6.71. The number of anilines is 1. The number of aromatic nitrogens is 3. The monoisotopic (exact) mass is 277 g/mol. The lowest BCUT2D eigenvalue weighted by Crippen LogP contribution is -2.39. The highest BCUT2D eigenvalue weighted by molar-refractivity contribution is 5.93. The first-order valence-corrected chi connectivity index (χ1v) is 6.37. The molecule has 1 atom stereocenters. The number of hydrogen-bond acceptors (Lipinski definition) is 5. The van der Waals surface area contributed by atoms with Crippen LogP contribution in [0.2, 0.25) is 0 Å². The van der Waals surface area contributed by atoms with E-state index in [2.05, 4.69) is 15.6 Å². The fourth-order valence-electron chi connectivity index (χ4n) is 1.83. The van der Waals surface area contributed by atoms with Gasteiger partial charge in [0.05, 0.1) is 17.9 Å². The normalized spacial score (nSPS) is 12.7. The summed E-state index contributed by atoms with van der Waals surface area (Å²) in [5, 5.41) is 10.5. The van der Waals surface area contributed by atoms with Crippen molar-refractivity contribution in [1.29, 1.82) is 0 Å². The van der Waals surface area contributed by atoms with Crippen molar-refractivity contribution in [1.82, 2.24) is 19.8 Å². The second-order valence-electron chi connectivity index (χ2n) is 4.94. The largest absolute Gasteiger partial charge is 0.338 e. The molecule has 7 nitrogen and oxygen atoms in total. The van der Waals surface area contributed by atoms with Crippen molar-refractivity contribution in [3.63, 3.8) is 0 Å². The Morgan fingerprint density at radius 1 is 1.60 bits per heavy atom. The predicted molar refractivity (Wildman–Crippen MR) is 74.0 cm³/mol. The van der Waals surface area contributed by atoms with E-state index in [-0.39, 0.29) is 11.9 Å². The minimum absolute atomic E-state index is 0.132. The number of nitrogens with zero attached hydrogens (tertiary/aromatic N) is 4. The van der Waals surface area contributed by atoms with Crippen molar-refractivity contribution in [2.45, 2.75) is 26.4 Å². The van der Waals surface area contributed by atoms with Crippen molar-refractivity contribution in [3.05, 3.63) is 29.7 Å². The van der Waals surface area contributed by atoms with E-state index in [1.807, 2.05) is 32.1 Å². The highest BCUT2D eigenvalue weighted by Crippen LogP contribution is 2.11. The number of nitrogens with one attached hydrogen (secondary N) is 1. The lowest BCUT2D eigenvalue weighted by Gasteiger charge is -2.22. The summed E-state index contributed by atoms with van der Waals surface area (Å²) in [6, 6.07) is 1.40. The molecule has 20 heavy (non-hydrogen) atoms. The molecule has 0 saturated carbocycles. The quantitative estimate of drug-likeness (QED) is 0.888. The lowest BCUT2D eigenvalue weighted by molar-refractivity contribution is -0.120. The van der Waals surface area contributed by atoms with E-state index in [1.54, 1.807) is 23.9 Å². The van der Waals surface area contributed by atoms with Crippen LogP contribution in [0.4, 0.5) is 5.88 Å². The first-order chi connectivity index (χ1) is 9.45. The van der Waals surface area contributed by atoms with Gasteiger partial charge in [-0.25, -0.2) is 0 Å². The van der Waals surface area contributed by atoms with Crippen molar-refractivity contribution in [2.24, 2.45) is 7.05 Å². The molecule has 1 N–H and O–H groups in total. The molecule has 0 fully saturated rings. The van der Waals surface area contributed by atoms with E-state index in [4.69, 9.17) is 4.52 Å². The van der Waals surface area contributed by atoms with Gasteiger partial charge in [-0.1, -0.05) is 5.16 Å². The second-order valence-corrected chi connectivity index (χ2v) is 4.94. The van der Waals surface area contributed by atoms with Gasteiger partial charge < -0.3 is 4.52 Å². The maximum Gasteiger partial charge on any atom is 0.243 e. The molecule has 0 radical (unpaired) electrons. The molecule has 0 aliphatic carbocycles. The van der Waals surface area contributed by atoms with Gasteiger partial charge in [-0.05, 0) is 20.9 Å². The van der Waals surface area contributed by atoms with E-state index >= 15 is 0 Å². The average molecular weight is 277 g/mol. The van der Waals surface area contributed by atoms with Gasteiger partial charge >= 0.3 is 0 Å². The Hall–Kier alpha value is -2.15. The molecule has 0 saturated heterocycles. The Morgan fingerprint density at radius 2 is 2.35 bits per heavy atom. The zero-order chi connectivity index (χ0) is 14.7. The van der Waals surface area contributed by atoms with Crippen LogP contribution in [-0.2, 0) is 18.4 Å². The molecule has 2 heterocycles. The maximum absolute atomic E-state index is 12.1. The van der Waals surface area contributed by atoms with Crippen molar-refractivity contribution in [2.75, 3.05) is 12.4 Å². The predicted octanol–water partition coefficient (Wildman–Crippen LogP) is 1.18. The molecular formula is C13H19N5O2. The van der Waals surface area contributed by atoms with Crippen LogP contribution in [0.15, 0.2) is 23.0 Å². The molecular weight excluding hydrogens is 258 g/mol. The number of rotatable bonds is 5. The number of carbonyl (C=O) groups excluding carboxylic acids is 1. The van der Waals surface area contributed by atoms with E-state index in [0.29, 0.717) is 12.4 Å². The number of hydrogen-bond donors (Lipinski definition) is 1. The molecule has 1 amide bonds. The first-order valence-electron chi connectivity index (χ1n) is 6.37. The van der Waals surface area contributed by atoms with Crippen LogP contribution >= 0.6 is 0 Å². The van der Waals surface area contributed by atoms with Crippen LogP contribution in [0.1, 0.15) is 18.2 Å². The van der Waals surface area contributed by atoms with Crippen LogP contribution in [0, 0.1) is 6.92 Å². The third-order valence-electron chi connectivity index (χ3n) is 3.11. The van der Waals surface area contributed by atoms with E-state index in [9.17, 15) is 4.79 Å².